The van der Waals surface area contributed by atoms with Crippen LogP contribution in [0.4, 0.5) is 15.8 Å². The molecule has 6 rings (SSSR count). The third kappa shape index (κ3) is 6.69. The summed E-state index contributed by atoms with van der Waals surface area (Å²) in [6.07, 6.45) is 7.35. The number of hydrogen-bond acceptors (Lipinski definition) is 8. The lowest BCUT2D eigenvalue weighted by Crippen LogP contribution is -2.35. The fourth-order valence-corrected chi connectivity index (χ4v) is 6.22. The van der Waals surface area contributed by atoms with Crippen molar-refractivity contribution in [3.05, 3.63) is 111 Å². The summed E-state index contributed by atoms with van der Waals surface area (Å²) in [5.74, 6) is -0.558. The summed E-state index contributed by atoms with van der Waals surface area (Å²) in [6, 6.07) is 16.4. The van der Waals surface area contributed by atoms with Crippen LogP contribution >= 0.6 is 0 Å². The van der Waals surface area contributed by atoms with Gasteiger partial charge in [-0.25, -0.2) is 9.37 Å². The van der Waals surface area contributed by atoms with Gasteiger partial charge in [0.25, 0.3) is 11.8 Å². The number of ether oxygens (including phenoxy) is 4. The number of para-hydroxylation sites is 1. The zero-order valence-electron chi connectivity index (χ0n) is 28.8. The van der Waals surface area contributed by atoms with Gasteiger partial charge in [0.15, 0.2) is 23.1 Å². The Labute approximate surface area is 289 Å². The number of allylic oxidation sites excluding steroid dienone is 2. The van der Waals surface area contributed by atoms with Crippen molar-refractivity contribution < 1.29 is 28.1 Å². The average Bonchev–Trinajstić information content (AvgIpc) is 3.13. The standard InChI is InChI=1S/C39H39FN4O6/c1-24-34(26-12-8-6-9-13-26)37(45)35(25(2)43(24)3)39(46)44(27-14-10-7-11-15-27)28-16-17-31(29(40)22-28)50-32-18-19-41-30-23-33(49-21-20-47-4)38(48-5)42-36(30)32/h7,10-12,14-19,22-23H,6,8-9,13,20-21H2,1-5H3. The first-order valence-corrected chi connectivity index (χ1v) is 16.5. The fraction of sp³-hybridized carbons (Fsp3) is 0.282. The van der Waals surface area contributed by atoms with Gasteiger partial charge in [-0.3, -0.25) is 19.5 Å². The van der Waals surface area contributed by atoms with Crippen LogP contribution in [-0.4, -0.2) is 47.9 Å². The van der Waals surface area contributed by atoms with Crippen molar-refractivity contribution >= 4 is 33.9 Å². The van der Waals surface area contributed by atoms with E-state index in [1.807, 2.05) is 24.6 Å². The molecule has 50 heavy (non-hydrogen) atoms. The molecule has 0 saturated heterocycles. The van der Waals surface area contributed by atoms with Crippen molar-refractivity contribution in [2.45, 2.75) is 39.5 Å². The Kier molecular flexibility index (Phi) is 10.2. The predicted molar refractivity (Wildman–Crippen MR) is 190 cm³/mol. The van der Waals surface area contributed by atoms with Crippen LogP contribution in [0.2, 0.25) is 0 Å². The van der Waals surface area contributed by atoms with Gasteiger partial charge in [0.1, 0.15) is 17.7 Å². The molecule has 1 aliphatic carbocycles. The van der Waals surface area contributed by atoms with Gasteiger partial charge in [0, 0.05) is 61.2 Å². The number of anilines is 2. The van der Waals surface area contributed by atoms with Crippen molar-refractivity contribution in [3.8, 4) is 23.1 Å². The van der Waals surface area contributed by atoms with Crippen LogP contribution in [0, 0.1) is 19.7 Å². The quantitative estimate of drug-likeness (QED) is 0.130. The lowest BCUT2D eigenvalue weighted by atomic mass is 9.90. The van der Waals surface area contributed by atoms with E-state index < -0.39 is 11.7 Å². The largest absolute Gasteiger partial charge is 0.485 e. The Balaban J connectivity index is 1.39. The van der Waals surface area contributed by atoms with Gasteiger partial charge in [-0.2, -0.15) is 0 Å². The lowest BCUT2D eigenvalue weighted by Gasteiger charge is -2.26. The number of benzene rings is 2. The Morgan fingerprint density at radius 1 is 0.940 bits per heavy atom. The Morgan fingerprint density at radius 3 is 2.44 bits per heavy atom. The molecule has 2 aromatic carbocycles. The van der Waals surface area contributed by atoms with E-state index >= 15 is 4.39 Å². The van der Waals surface area contributed by atoms with Gasteiger partial charge in [-0.15, -0.1) is 0 Å². The molecule has 0 fully saturated rings. The molecule has 0 saturated carbocycles. The van der Waals surface area contributed by atoms with Crippen LogP contribution in [0.5, 0.6) is 23.1 Å². The van der Waals surface area contributed by atoms with E-state index in [-0.39, 0.29) is 40.7 Å². The minimum atomic E-state index is -0.728. The number of amides is 1. The summed E-state index contributed by atoms with van der Waals surface area (Å²) in [5.41, 5.74) is 4.07. The maximum atomic E-state index is 16.0. The van der Waals surface area contributed by atoms with E-state index in [1.54, 1.807) is 56.5 Å². The third-order valence-corrected chi connectivity index (χ3v) is 8.97. The summed E-state index contributed by atoms with van der Waals surface area (Å²) in [4.78, 5) is 39.1. The number of methoxy groups -OCH3 is 2. The van der Waals surface area contributed by atoms with E-state index in [9.17, 15) is 9.59 Å². The number of pyridine rings is 3. The smallest absolute Gasteiger partial charge is 0.268 e. The number of halogens is 1. The van der Waals surface area contributed by atoms with Gasteiger partial charge >= 0.3 is 0 Å². The Morgan fingerprint density at radius 2 is 1.74 bits per heavy atom. The Bertz CT molecular complexity index is 2150. The van der Waals surface area contributed by atoms with E-state index in [0.717, 1.165) is 37.0 Å². The highest BCUT2D eigenvalue weighted by molar-refractivity contribution is 6.11. The number of fused-ring (bicyclic) bond motifs is 1. The van der Waals surface area contributed by atoms with Crippen molar-refractivity contribution in [2.24, 2.45) is 7.05 Å². The van der Waals surface area contributed by atoms with Crippen molar-refractivity contribution in [2.75, 3.05) is 32.3 Å². The number of nitrogens with zero attached hydrogens (tertiary/aromatic N) is 4. The highest BCUT2D eigenvalue weighted by atomic mass is 19.1. The number of hydrogen-bond donors (Lipinski definition) is 0. The number of carbonyl (C=O) groups is 1. The molecule has 0 N–H and O–H groups in total. The molecule has 0 radical (unpaired) electrons. The van der Waals surface area contributed by atoms with Crippen LogP contribution < -0.4 is 24.5 Å². The molecule has 10 nitrogen and oxygen atoms in total. The topological polar surface area (TPSA) is 105 Å². The normalized spacial score (nSPS) is 12.8. The van der Waals surface area contributed by atoms with Crippen molar-refractivity contribution in [1.82, 2.24) is 14.5 Å². The molecule has 3 aromatic heterocycles. The summed E-state index contributed by atoms with van der Waals surface area (Å²) in [6.45, 7) is 4.33. The summed E-state index contributed by atoms with van der Waals surface area (Å²) < 4.78 is 40.2. The van der Waals surface area contributed by atoms with Gasteiger partial charge in [-0.05, 0) is 69.4 Å². The first-order valence-electron chi connectivity index (χ1n) is 16.5. The molecule has 1 aliphatic rings. The maximum Gasteiger partial charge on any atom is 0.268 e. The molecule has 0 aliphatic heterocycles. The third-order valence-electron chi connectivity index (χ3n) is 8.97. The van der Waals surface area contributed by atoms with Crippen molar-refractivity contribution in [1.29, 1.82) is 0 Å². The van der Waals surface area contributed by atoms with Crippen LogP contribution in [-0.2, 0) is 11.8 Å². The molecule has 3 heterocycles. The van der Waals surface area contributed by atoms with Crippen molar-refractivity contribution in [3.63, 3.8) is 0 Å². The van der Waals surface area contributed by atoms with Gasteiger partial charge in [0.2, 0.25) is 5.43 Å². The molecule has 0 spiro atoms. The highest BCUT2D eigenvalue weighted by Gasteiger charge is 2.29. The molecule has 5 aromatic rings. The van der Waals surface area contributed by atoms with Gasteiger partial charge in [-0.1, -0.05) is 24.3 Å². The van der Waals surface area contributed by atoms with Gasteiger partial charge < -0.3 is 23.5 Å². The minimum absolute atomic E-state index is 0.0398. The SMILES string of the molecule is COCCOc1cc2nccc(Oc3ccc(N(C(=O)c4c(C)n(C)c(C)c(C5=CCCCC5)c4=O)c4ccccc4)cc3F)c2nc1OC. The second kappa shape index (κ2) is 14.9. The zero-order chi connectivity index (χ0) is 35.4. The second-order valence-corrected chi connectivity index (χ2v) is 12.0. The van der Waals surface area contributed by atoms with Crippen LogP contribution in [0.15, 0.2) is 77.7 Å². The number of aromatic nitrogens is 3. The zero-order valence-corrected chi connectivity index (χ0v) is 28.8. The predicted octanol–water partition coefficient (Wildman–Crippen LogP) is 7.85. The minimum Gasteiger partial charge on any atom is -0.485 e. The maximum absolute atomic E-state index is 16.0. The Hall–Kier alpha value is -5.55. The van der Waals surface area contributed by atoms with Gasteiger partial charge in [0.05, 0.1) is 24.9 Å². The summed E-state index contributed by atoms with van der Waals surface area (Å²) in [7, 11) is 4.90. The van der Waals surface area contributed by atoms with E-state index in [0.29, 0.717) is 40.3 Å². The first kappa shape index (κ1) is 34.3. The summed E-state index contributed by atoms with van der Waals surface area (Å²) in [5, 5.41) is 0. The fourth-order valence-electron chi connectivity index (χ4n) is 6.22. The number of carbonyl (C=O) groups excluding carboxylic acids is 1. The van der Waals surface area contributed by atoms with Crippen LogP contribution in [0.3, 0.4) is 0 Å². The molecule has 0 unspecified atom stereocenters. The second-order valence-electron chi connectivity index (χ2n) is 12.0. The first-order chi connectivity index (χ1) is 24.2. The highest BCUT2D eigenvalue weighted by Crippen LogP contribution is 2.37. The molecule has 258 valence electrons. The van der Waals surface area contributed by atoms with Crippen LogP contribution in [0.25, 0.3) is 16.6 Å². The molecule has 1 amide bonds. The molecular formula is C39H39FN4O6. The van der Waals surface area contributed by atoms with E-state index in [4.69, 9.17) is 18.9 Å². The average molecular weight is 679 g/mol. The van der Waals surface area contributed by atoms with E-state index in [1.165, 1.54) is 30.3 Å². The lowest BCUT2D eigenvalue weighted by molar-refractivity contribution is 0.0996. The molecule has 0 bridgehead atoms. The summed E-state index contributed by atoms with van der Waals surface area (Å²) >= 11 is 0. The molecule has 11 heteroatoms. The van der Waals surface area contributed by atoms with Crippen LogP contribution in [0.1, 0.15) is 53.0 Å². The molecular weight excluding hydrogens is 639 g/mol. The molecule has 0 atom stereocenters. The number of rotatable bonds is 11. The van der Waals surface area contributed by atoms with E-state index in [2.05, 4.69) is 16.0 Å². The monoisotopic (exact) mass is 678 g/mol.